The minimum absolute atomic E-state index is 0.0713. The van der Waals surface area contributed by atoms with Gasteiger partial charge in [-0.2, -0.15) is 0 Å². The van der Waals surface area contributed by atoms with Crippen LogP contribution in [0.4, 0.5) is 0 Å². The second-order valence-corrected chi connectivity index (χ2v) is 20.6. The molecule has 0 aliphatic heterocycles. The third-order valence-corrected chi connectivity index (χ3v) is 13.6. The summed E-state index contributed by atoms with van der Waals surface area (Å²) >= 11 is 0. The maximum absolute atomic E-state index is 12.8. The van der Waals surface area contributed by atoms with E-state index in [-0.39, 0.29) is 31.1 Å². The molecule has 404 valence electrons. The Bertz CT molecular complexity index is 1160. The fraction of sp³-hybridized carbons (Fsp3) is 0.857. The van der Waals surface area contributed by atoms with Crippen LogP contribution in [-0.2, 0) is 28.6 Å². The van der Waals surface area contributed by atoms with Gasteiger partial charge in [-0.3, -0.25) is 14.4 Å². The van der Waals surface area contributed by atoms with Crippen molar-refractivity contribution in [1.82, 2.24) is 0 Å². The van der Waals surface area contributed by atoms with Crippen molar-refractivity contribution < 1.29 is 28.6 Å². The molecule has 0 amide bonds. The molecule has 6 nitrogen and oxygen atoms in total. The molecule has 0 aliphatic rings. The number of hydrogen-bond donors (Lipinski definition) is 0. The first-order valence-electron chi connectivity index (χ1n) is 30.5. The van der Waals surface area contributed by atoms with Crippen molar-refractivity contribution >= 4 is 17.9 Å². The molecule has 0 fully saturated rings. The van der Waals surface area contributed by atoms with Crippen LogP contribution in [0, 0.1) is 0 Å². The number of hydrogen-bond acceptors (Lipinski definition) is 6. The lowest BCUT2D eigenvalue weighted by molar-refractivity contribution is -0.167. The van der Waals surface area contributed by atoms with Gasteiger partial charge in [0, 0.05) is 19.3 Å². The minimum atomic E-state index is -0.769. The zero-order chi connectivity index (χ0) is 50.0. The lowest BCUT2D eigenvalue weighted by Crippen LogP contribution is -2.30. The molecule has 0 aromatic carbocycles. The van der Waals surface area contributed by atoms with Crippen molar-refractivity contribution in [3.8, 4) is 0 Å². The second kappa shape index (κ2) is 58.2. The molecule has 0 aromatic heterocycles. The van der Waals surface area contributed by atoms with E-state index >= 15 is 0 Å². The molecule has 0 rings (SSSR count). The van der Waals surface area contributed by atoms with Crippen LogP contribution >= 0.6 is 0 Å². The molecule has 69 heavy (non-hydrogen) atoms. The van der Waals surface area contributed by atoms with Gasteiger partial charge in [0.15, 0.2) is 6.10 Å². The zero-order valence-corrected chi connectivity index (χ0v) is 46.3. The van der Waals surface area contributed by atoms with Gasteiger partial charge >= 0.3 is 17.9 Å². The summed E-state index contributed by atoms with van der Waals surface area (Å²) in [6.07, 6.45) is 70.4. The van der Waals surface area contributed by atoms with Crippen LogP contribution in [0.15, 0.2) is 36.5 Å². The lowest BCUT2D eigenvalue weighted by atomic mass is 10.0. The van der Waals surface area contributed by atoms with Crippen LogP contribution < -0.4 is 0 Å². The molecule has 0 aromatic rings. The van der Waals surface area contributed by atoms with Crippen molar-refractivity contribution in [2.45, 2.75) is 335 Å². The van der Waals surface area contributed by atoms with Gasteiger partial charge in [0.05, 0.1) is 0 Å². The third kappa shape index (κ3) is 56.4. The maximum atomic E-state index is 12.8. The third-order valence-electron chi connectivity index (χ3n) is 13.6. The molecule has 6 heteroatoms. The van der Waals surface area contributed by atoms with Gasteiger partial charge in [0.2, 0.25) is 0 Å². The first-order valence-corrected chi connectivity index (χ1v) is 30.5. The predicted octanol–water partition coefficient (Wildman–Crippen LogP) is 20.4. The van der Waals surface area contributed by atoms with Crippen molar-refractivity contribution in [3.05, 3.63) is 36.5 Å². The van der Waals surface area contributed by atoms with Crippen molar-refractivity contribution in [3.63, 3.8) is 0 Å². The summed E-state index contributed by atoms with van der Waals surface area (Å²) in [7, 11) is 0. The van der Waals surface area contributed by atoms with Gasteiger partial charge < -0.3 is 14.2 Å². The first kappa shape index (κ1) is 66.6. The van der Waals surface area contributed by atoms with E-state index in [4.69, 9.17) is 14.2 Å². The topological polar surface area (TPSA) is 78.9 Å². The monoisotopic (exact) mass is 969 g/mol. The van der Waals surface area contributed by atoms with Gasteiger partial charge in [-0.05, 0) is 57.8 Å². The molecule has 0 saturated heterocycles. The van der Waals surface area contributed by atoms with E-state index in [0.717, 1.165) is 77.0 Å². The summed E-state index contributed by atoms with van der Waals surface area (Å²) in [4.78, 5) is 37.9. The largest absolute Gasteiger partial charge is 0.462 e. The highest BCUT2D eigenvalue weighted by Gasteiger charge is 2.19. The van der Waals surface area contributed by atoms with E-state index in [1.54, 1.807) is 0 Å². The molecule has 0 bridgehead atoms. The molecule has 0 saturated carbocycles. The molecule has 0 spiro atoms. The molecule has 1 atom stereocenters. The fourth-order valence-electron chi connectivity index (χ4n) is 9.04. The standard InChI is InChI=1S/C63H116O6/c1-4-7-10-13-16-18-20-22-24-26-28-30-32-34-35-37-39-41-43-45-47-50-53-56-62(65)68-59-60(58-67-61(64)55-52-49-15-12-9-6-3)69-63(66)57-54-51-48-46-44-42-40-38-36-33-31-29-27-25-23-21-19-17-14-11-8-5-2/h20,22,26,28,32,34,60H,4-19,21,23-25,27,29-31,33,35-59H2,1-3H3/b22-20-,28-26-,34-32-. The molecular formula is C63H116O6. The van der Waals surface area contributed by atoms with Crippen molar-refractivity contribution in [2.75, 3.05) is 13.2 Å². The van der Waals surface area contributed by atoms with Crippen molar-refractivity contribution in [1.29, 1.82) is 0 Å². The van der Waals surface area contributed by atoms with Crippen LogP contribution in [0.2, 0.25) is 0 Å². The smallest absolute Gasteiger partial charge is 0.306 e. The first-order chi connectivity index (χ1) is 34.0. The highest BCUT2D eigenvalue weighted by molar-refractivity contribution is 5.71. The highest BCUT2D eigenvalue weighted by Crippen LogP contribution is 2.17. The Balaban J connectivity index is 4.10. The van der Waals surface area contributed by atoms with Crippen LogP contribution in [0.25, 0.3) is 0 Å². The molecule has 0 N–H and O–H groups in total. The molecule has 1 unspecified atom stereocenters. The minimum Gasteiger partial charge on any atom is -0.462 e. The van der Waals surface area contributed by atoms with E-state index in [9.17, 15) is 14.4 Å². The number of carbonyl (C=O) groups excluding carboxylic acids is 3. The molecular weight excluding hydrogens is 853 g/mol. The Hall–Kier alpha value is -2.37. The van der Waals surface area contributed by atoms with Gasteiger partial charge in [-0.1, -0.05) is 288 Å². The van der Waals surface area contributed by atoms with Gasteiger partial charge in [0.25, 0.3) is 0 Å². The van der Waals surface area contributed by atoms with E-state index in [1.165, 1.54) is 212 Å². The summed E-state index contributed by atoms with van der Waals surface area (Å²) in [6.45, 7) is 6.61. The molecule has 0 radical (unpaired) electrons. The maximum Gasteiger partial charge on any atom is 0.306 e. The number of allylic oxidation sites excluding steroid dienone is 6. The Morgan fingerprint density at radius 2 is 0.522 bits per heavy atom. The van der Waals surface area contributed by atoms with E-state index in [1.807, 2.05) is 0 Å². The summed E-state index contributed by atoms with van der Waals surface area (Å²) < 4.78 is 16.8. The zero-order valence-electron chi connectivity index (χ0n) is 46.3. The molecule has 0 heterocycles. The number of rotatable bonds is 56. The van der Waals surface area contributed by atoms with E-state index in [2.05, 4.69) is 57.2 Å². The Labute approximate surface area is 429 Å². The SMILES string of the molecule is CCCCCCC/C=C\C/C=C\C/C=C\CCCCCCCCCCC(=O)OCC(COC(=O)CCCCCCCC)OC(=O)CCCCCCCCCCCCCCCCCCCCCCCC. The number of carbonyl (C=O) groups is 3. The van der Waals surface area contributed by atoms with E-state index < -0.39 is 6.10 Å². The predicted molar refractivity (Wildman–Crippen MR) is 298 cm³/mol. The number of esters is 3. The highest BCUT2D eigenvalue weighted by atomic mass is 16.6. The van der Waals surface area contributed by atoms with E-state index in [0.29, 0.717) is 19.3 Å². The van der Waals surface area contributed by atoms with Crippen LogP contribution in [-0.4, -0.2) is 37.2 Å². The Kier molecular flexibility index (Phi) is 56.2. The normalized spacial score (nSPS) is 12.2. The quantitative estimate of drug-likeness (QED) is 0.0261. The van der Waals surface area contributed by atoms with Gasteiger partial charge in [0.1, 0.15) is 13.2 Å². The van der Waals surface area contributed by atoms with Gasteiger partial charge in [-0.15, -0.1) is 0 Å². The molecule has 0 aliphatic carbocycles. The summed E-state index contributed by atoms with van der Waals surface area (Å²) in [5.41, 5.74) is 0. The van der Waals surface area contributed by atoms with Crippen LogP contribution in [0.5, 0.6) is 0 Å². The number of unbranched alkanes of at least 4 members (excludes halogenated alkanes) is 39. The fourth-order valence-corrected chi connectivity index (χ4v) is 9.04. The lowest BCUT2D eigenvalue weighted by Gasteiger charge is -2.18. The Morgan fingerprint density at radius 1 is 0.290 bits per heavy atom. The summed E-state index contributed by atoms with van der Waals surface area (Å²) in [5, 5.41) is 0. The average Bonchev–Trinajstić information content (AvgIpc) is 3.35. The van der Waals surface area contributed by atoms with Gasteiger partial charge in [-0.25, -0.2) is 0 Å². The summed E-state index contributed by atoms with van der Waals surface area (Å²) in [5.74, 6) is -0.869. The Morgan fingerprint density at radius 3 is 0.812 bits per heavy atom. The second-order valence-electron chi connectivity index (χ2n) is 20.6. The number of ether oxygens (including phenoxy) is 3. The van der Waals surface area contributed by atoms with Crippen LogP contribution in [0.3, 0.4) is 0 Å². The summed E-state index contributed by atoms with van der Waals surface area (Å²) in [6, 6.07) is 0. The van der Waals surface area contributed by atoms with Crippen LogP contribution in [0.1, 0.15) is 329 Å². The van der Waals surface area contributed by atoms with Crippen molar-refractivity contribution in [2.24, 2.45) is 0 Å². The average molecular weight is 970 g/mol.